The predicted molar refractivity (Wildman–Crippen MR) is 90.7 cm³/mol. The summed E-state index contributed by atoms with van der Waals surface area (Å²) in [4.78, 5) is 3.94. The number of halogens is 3. The molecule has 0 saturated heterocycles. The zero-order valence-corrected chi connectivity index (χ0v) is 14.6. The Morgan fingerprint density at radius 1 is 1.23 bits per heavy atom. The number of nitrogens with zero attached hydrogens (tertiary/aromatic N) is 3. The van der Waals surface area contributed by atoms with Crippen LogP contribution in [0.5, 0.6) is 5.75 Å². The zero-order valence-electron chi connectivity index (χ0n) is 14.6. The van der Waals surface area contributed by atoms with Crippen LogP contribution in [0.2, 0.25) is 0 Å². The van der Waals surface area contributed by atoms with Gasteiger partial charge in [0.25, 0.3) is 0 Å². The summed E-state index contributed by atoms with van der Waals surface area (Å²) in [5, 5.41) is 4.64. The molecule has 4 atom stereocenters. The first-order valence-corrected chi connectivity index (χ1v) is 8.79. The van der Waals surface area contributed by atoms with E-state index >= 15 is 0 Å². The number of pyridine rings is 1. The standard InChI is InChI=1S/C18H21F3N4O/c1-8(2)25-14(16-11-4-10(19)5-12(11)16)6-13(24-25)9-3-15(26-18(20)21)17(22)23-7-9/h3,6-8,10-12,16,18H,4-5H2,1-2H3,(H2,22,23)/t10-,11+,12-,16-. The van der Waals surface area contributed by atoms with Gasteiger partial charge < -0.3 is 10.5 Å². The van der Waals surface area contributed by atoms with Crippen molar-refractivity contribution in [3.05, 3.63) is 24.0 Å². The van der Waals surface area contributed by atoms with Crippen LogP contribution in [0.25, 0.3) is 11.3 Å². The average Bonchev–Trinajstić information content (AvgIpc) is 2.94. The summed E-state index contributed by atoms with van der Waals surface area (Å²) < 4.78 is 44.9. The Morgan fingerprint density at radius 3 is 2.54 bits per heavy atom. The number of aromatic nitrogens is 3. The SMILES string of the molecule is CC(C)n1nc(-c2cnc(N)c(OC(F)F)c2)cc1[C@H]1[C@@H]2C[C@H](F)C[C@@H]21. The van der Waals surface area contributed by atoms with Crippen molar-refractivity contribution >= 4 is 5.82 Å². The van der Waals surface area contributed by atoms with Gasteiger partial charge in [0.1, 0.15) is 6.17 Å². The molecule has 2 N–H and O–H groups in total. The Bertz CT molecular complexity index is 811. The topological polar surface area (TPSA) is 66.0 Å². The Morgan fingerprint density at radius 2 is 1.92 bits per heavy atom. The smallest absolute Gasteiger partial charge is 0.387 e. The van der Waals surface area contributed by atoms with Gasteiger partial charge in [0.15, 0.2) is 11.6 Å². The highest BCUT2D eigenvalue weighted by Crippen LogP contribution is 2.64. The molecule has 2 aliphatic carbocycles. The third-order valence-corrected chi connectivity index (χ3v) is 5.38. The van der Waals surface area contributed by atoms with Crippen LogP contribution < -0.4 is 10.5 Å². The Kier molecular flexibility index (Phi) is 4.08. The normalized spacial score (nSPS) is 27.2. The summed E-state index contributed by atoms with van der Waals surface area (Å²) in [5.41, 5.74) is 7.86. The summed E-state index contributed by atoms with van der Waals surface area (Å²) >= 11 is 0. The van der Waals surface area contributed by atoms with Gasteiger partial charge in [0, 0.05) is 29.4 Å². The zero-order chi connectivity index (χ0) is 18.6. The second-order valence-electron chi connectivity index (χ2n) is 7.40. The molecule has 2 heterocycles. The van der Waals surface area contributed by atoms with Crippen molar-refractivity contribution in [1.29, 1.82) is 0 Å². The monoisotopic (exact) mass is 366 g/mol. The summed E-state index contributed by atoms with van der Waals surface area (Å²) in [6.07, 6.45) is 2.04. The van der Waals surface area contributed by atoms with Gasteiger partial charge in [-0.3, -0.25) is 4.68 Å². The molecule has 140 valence electrons. The number of nitrogens with two attached hydrogens (primary N) is 1. The Hall–Kier alpha value is -2.25. The highest BCUT2D eigenvalue weighted by molar-refractivity contribution is 5.64. The van der Waals surface area contributed by atoms with Crippen molar-refractivity contribution in [2.75, 3.05) is 5.73 Å². The lowest BCUT2D eigenvalue weighted by molar-refractivity contribution is -0.0494. The molecule has 0 spiro atoms. The van der Waals surface area contributed by atoms with Gasteiger partial charge in [-0.15, -0.1) is 0 Å². The van der Waals surface area contributed by atoms with Gasteiger partial charge in [-0.25, -0.2) is 9.37 Å². The molecule has 0 unspecified atom stereocenters. The van der Waals surface area contributed by atoms with Crippen LogP contribution in [0.15, 0.2) is 18.3 Å². The molecular formula is C18H21F3N4O. The number of hydrogen-bond acceptors (Lipinski definition) is 4. The largest absolute Gasteiger partial charge is 0.431 e. The van der Waals surface area contributed by atoms with Crippen molar-refractivity contribution in [2.45, 2.75) is 51.4 Å². The molecule has 2 aromatic heterocycles. The van der Waals surface area contributed by atoms with Gasteiger partial charge >= 0.3 is 6.61 Å². The maximum atomic E-state index is 13.5. The molecule has 5 nitrogen and oxygen atoms in total. The molecule has 0 radical (unpaired) electrons. The molecule has 0 amide bonds. The van der Waals surface area contributed by atoms with Crippen molar-refractivity contribution < 1.29 is 17.9 Å². The predicted octanol–water partition coefficient (Wildman–Crippen LogP) is 4.17. The quantitative estimate of drug-likeness (QED) is 0.862. The van der Waals surface area contributed by atoms with Crippen LogP contribution in [0.3, 0.4) is 0 Å². The maximum absolute atomic E-state index is 13.5. The van der Waals surface area contributed by atoms with Crippen molar-refractivity contribution in [1.82, 2.24) is 14.8 Å². The fraction of sp³-hybridized carbons (Fsp3) is 0.556. The maximum Gasteiger partial charge on any atom is 0.387 e. The van der Waals surface area contributed by atoms with Gasteiger partial charge in [0.05, 0.1) is 5.69 Å². The number of rotatable bonds is 5. The van der Waals surface area contributed by atoms with Crippen LogP contribution in [-0.4, -0.2) is 27.5 Å². The average molecular weight is 366 g/mol. The molecule has 0 bridgehead atoms. The van der Waals surface area contributed by atoms with E-state index in [2.05, 4.69) is 14.8 Å². The number of anilines is 1. The third kappa shape index (κ3) is 2.91. The lowest BCUT2D eigenvalue weighted by Gasteiger charge is -2.12. The van der Waals surface area contributed by atoms with E-state index < -0.39 is 12.8 Å². The van der Waals surface area contributed by atoms with E-state index in [1.165, 1.54) is 12.3 Å². The van der Waals surface area contributed by atoms with Crippen molar-refractivity contribution in [3.8, 4) is 17.0 Å². The molecule has 0 aromatic carbocycles. The molecule has 26 heavy (non-hydrogen) atoms. The first-order chi connectivity index (χ1) is 12.3. The van der Waals surface area contributed by atoms with Crippen LogP contribution in [0, 0.1) is 11.8 Å². The Labute approximate surface area is 149 Å². The van der Waals surface area contributed by atoms with E-state index in [0.717, 1.165) is 5.69 Å². The van der Waals surface area contributed by atoms with Crippen molar-refractivity contribution in [2.24, 2.45) is 11.8 Å². The van der Waals surface area contributed by atoms with Crippen LogP contribution in [0.4, 0.5) is 19.0 Å². The summed E-state index contributed by atoms with van der Waals surface area (Å²) in [7, 11) is 0. The first kappa shape index (κ1) is 17.2. The summed E-state index contributed by atoms with van der Waals surface area (Å²) in [6, 6.07) is 3.52. The highest BCUT2D eigenvalue weighted by atomic mass is 19.3. The molecule has 2 saturated carbocycles. The number of alkyl halides is 3. The molecule has 0 aliphatic heterocycles. The van der Waals surface area contributed by atoms with Crippen LogP contribution in [-0.2, 0) is 0 Å². The number of fused-ring (bicyclic) bond motifs is 1. The van der Waals surface area contributed by atoms with E-state index in [4.69, 9.17) is 5.73 Å². The van der Waals surface area contributed by atoms with E-state index in [9.17, 15) is 13.2 Å². The molecule has 2 aromatic rings. The number of ether oxygens (including phenoxy) is 1. The second kappa shape index (κ2) is 6.17. The molecule has 4 rings (SSSR count). The number of nitrogen functional groups attached to an aromatic ring is 1. The van der Waals surface area contributed by atoms with Crippen molar-refractivity contribution in [3.63, 3.8) is 0 Å². The third-order valence-electron chi connectivity index (χ3n) is 5.38. The molecule has 8 heteroatoms. The lowest BCUT2D eigenvalue weighted by atomic mass is 10.1. The minimum absolute atomic E-state index is 0.0942. The minimum Gasteiger partial charge on any atom is -0.431 e. The lowest BCUT2D eigenvalue weighted by Crippen LogP contribution is -2.09. The number of hydrogen-bond donors (Lipinski definition) is 1. The second-order valence-corrected chi connectivity index (χ2v) is 7.40. The fourth-order valence-corrected chi connectivity index (χ4v) is 4.21. The molecular weight excluding hydrogens is 345 g/mol. The van der Waals surface area contributed by atoms with E-state index in [0.29, 0.717) is 41.9 Å². The van der Waals surface area contributed by atoms with Crippen LogP contribution >= 0.6 is 0 Å². The summed E-state index contributed by atoms with van der Waals surface area (Å²) in [5.74, 6) is 0.831. The first-order valence-electron chi connectivity index (χ1n) is 8.79. The molecule has 2 fully saturated rings. The van der Waals surface area contributed by atoms with E-state index in [1.54, 1.807) is 0 Å². The van der Waals surface area contributed by atoms with Gasteiger partial charge in [-0.2, -0.15) is 13.9 Å². The van der Waals surface area contributed by atoms with E-state index in [1.807, 2.05) is 24.6 Å². The van der Waals surface area contributed by atoms with Gasteiger partial charge in [0.2, 0.25) is 0 Å². The van der Waals surface area contributed by atoms with Gasteiger partial charge in [-0.05, 0) is 50.7 Å². The minimum atomic E-state index is -2.97. The fourth-order valence-electron chi connectivity index (χ4n) is 4.21. The summed E-state index contributed by atoms with van der Waals surface area (Å²) in [6.45, 7) is 1.09. The van der Waals surface area contributed by atoms with Gasteiger partial charge in [-0.1, -0.05) is 0 Å². The highest BCUT2D eigenvalue weighted by Gasteiger charge is 2.58. The van der Waals surface area contributed by atoms with E-state index in [-0.39, 0.29) is 17.6 Å². The van der Waals surface area contributed by atoms with Crippen LogP contribution in [0.1, 0.15) is 44.3 Å². The Balaban J connectivity index is 1.67. The molecule has 2 aliphatic rings.